The van der Waals surface area contributed by atoms with Crippen LogP contribution in [0.2, 0.25) is 0 Å². The quantitative estimate of drug-likeness (QED) is 0.450. The van der Waals surface area contributed by atoms with E-state index >= 15 is 0 Å². The van der Waals surface area contributed by atoms with Crippen LogP contribution in [0.3, 0.4) is 0 Å². The van der Waals surface area contributed by atoms with Crippen molar-refractivity contribution in [2.24, 2.45) is 11.8 Å². The lowest BCUT2D eigenvalue weighted by molar-refractivity contribution is -0.144. The zero-order valence-corrected chi connectivity index (χ0v) is 17.7. The Kier molecular flexibility index (Phi) is 4.13. The van der Waals surface area contributed by atoms with Gasteiger partial charge in [-0.25, -0.2) is 5.01 Å². The van der Waals surface area contributed by atoms with E-state index in [2.05, 4.69) is 16.1 Å². The molecule has 4 atom stereocenters. The second-order valence-electron chi connectivity index (χ2n) is 9.51. The Bertz CT molecular complexity index is 901. The number of hydrogen-bond donors (Lipinski definition) is 0. The van der Waals surface area contributed by atoms with Crippen molar-refractivity contribution in [2.75, 3.05) is 6.54 Å². The lowest BCUT2D eigenvalue weighted by Crippen LogP contribution is -2.54. The van der Waals surface area contributed by atoms with E-state index in [1.54, 1.807) is 0 Å². The molecule has 3 nitrogen and oxygen atoms in total. The number of carbonyl (C=O) groups is 1. The summed E-state index contributed by atoms with van der Waals surface area (Å²) in [7, 11) is 0. The monoisotopic (exact) mass is 408 g/mol. The van der Waals surface area contributed by atoms with Crippen molar-refractivity contribution in [3.8, 4) is 0 Å². The largest absolute Gasteiger partial charge is 0.280 e. The Morgan fingerprint density at radius 1 is 0.966 bits per heavy atom. The summed E-state index contributed by atoms with van der Waals surface area (Å²) in [5.41, 5.74) is 4.91. The molecular weight excluding hydrogens is 380 g/mol. The molecule has 1 aromatic rings. The fourth-order valence-electron chi connectivity index (χ4n) is 6.61. The van der Waals surface area contributed by atoms with E-state index in [0.717, 1.165) is 43.0 Å². The summed E-state index contributed by atoms with van der Waals surface area (Å²) in [6, 6.07) is 10.2. The van der Waals surface area contributed by atoms with Gasteiger partial charge >= 0.3 is 0 Å². The molecule has 5 aliphatic rings. The van der Waals surface area contributed by atoms with E-state index in [0.29, 0.717) is 5.92 Å². The van der Waals surface area contributed by atoms with E-state index in [-0.39, 0.29) is 11.9 Å². The second-order valence-corrected chi connectivity index (χ2v) is 10.1. The Morgan fingerprint density at radius 3 is 2.52 bits per heavy atom. The van der Waals surface area contributed by atoms with Crippen LogP contribution in [0.25, 0.3) is 0 Å². The Balaban J connectivity index is 1.45. The van der Waals surface area contributed by atoms with E-state index in [1.807, 2.05) is 30.3 Å². The molecule has 0 radical (unpaired) electrons. The third-order valence-electron chi connectivity index (χ3n) is 8.14. The van der Waals surface area contributed by atoms with Gasteiger partial charge in [0, 0.05) is 0 Å². The van der Waals surface area contributed by atoms with E-state index in [4.69, 9.17) is 11.6 Å². The van der Waals surface area contributed by atoms with Crippen LogP contribution in [-0.2, 0) is 9.67 Å². The molecule has 29 heavy (non-hydrogen) atoms. The molecule has 4 fully saturated rings. The number of benzene rings is 1. The molecule has 4 unspecified atom stereocenters. The molecule has 6 rings (SSSR count). The molecule has 0 spiro atoms. The van der Waals surface area contributed by atoms with Crippen molar-refractivity contribution in [3.05, 3.63) is 58.8 Å². The number of hydrogen-bond acceptors (Lipinski definition) is 2. The predicted molar refractivity (Wildman–Crippen MR) is 115 cm³/mol. The fourth-order valence-corrected chi connectivity index (χ4v) is 7.05. The summed E-state index contributed by atoms with van der Waals surface area (Å²) in [5.74, 6) is 1.58. The number of alkyl halides is 1. The van der Waals surface area contributed by atoms with Crippen molar-refractivity contribution in [3.63, 3.8) is 0 Å². The van der Waals surface area contributed by atoms with Crippen LogP contribution >= 0.6 is 11.6 Å². The first-order chi connectivity index (χ1) is 14.2. The maximum absolute atomic E-state index is 14.0. The van der Waals surface area contributed by atoms with Crippen LogP contribution in [0.15, 0.2) is 53.3 Å². The molecule has 3 aliphatic carbocycles. The maximum atomic E-state index is 14.0. The molecule has 1 saturated heterocycles. The van der Waals surface area contributed by atoms with Gasteiger partial charge in [-0.05, 0) is 73.5 Å². The number of nitrogens with zero attached hydrogens (tertiary/aromatic N) is 2. The first kappa shape index (κ1) is 18.1. The molecule has 0 bridgehead atoms. The molecule has 0 N–H and O–H groups in total. The molecule has 1 amide bonds. The van der Waals surface area contributed by atoms with Crippen molar-refractivity contribution in [1.82, 2.24) is 10.0 Å². The Hall–Kier alpha value is -1.74. The average Bonchev–Trinajstić information content (AvgIpc) is 2.96. The molecule has 1 aromatic carbocycles. The zero-order valence-electron chi connectivity index (χ0n) is 16.9. The van der Waals surface area contributed by atoms with Gasteiger partial charge in [0.15, 0.2) is 4.87 Å². The average molecular weight is 409 g/mol. The highest BCUT2D eigenvalue weighted by atomic mass is 35.5. The van der Waals surface area contributed by atoms with Crippen molar-refractivity contribution in [2.45, 2.75) is 68.7 Å². The van der Waals surface area contributed by atoms with Gasteiger partial charge in [0.05, 0.1) is 18.3 Å². The van der Waals surface area contributed by atoms with Crippen molar-refractivity contribution < 1.29 is 4.79 Å². The molecule has 152 valence electrons. The van der Waals surface area contributed by atoms with Crippen LogP contribution in [0.1, 0.15) is 63.4 Å². The Labute approximate surface area is 178 Å². The van der Waals surface area contributed by atoms with Gasteiger partial charge in [-0.1, -0.05) is 60.9 Å². The van der Waals surface area contributed by atoms with Crippen LogP contribution < -0.4 is 0 Å². The van der Waals surface area contributed by atoms with Gasteiger partial charge in [-0.15, -0.1) is 0 Å². The smallest absolute Gasteiger partial charge is 0.273 e. The number of amides is 1. The van der Waals surface area contributed by atoms with Crippen LogP contribution in [0, 0.1) is 11.8 Å². The lowest BCUT2D eigenvalue weighted by Gasteiger charge is -2.49. The summed E-state index contributed by atoms with van der Waals surface area (Å²) in [6.45, 7) is 0.793. The number of allylic oxidation sites excluding steroid dienone is 1. The van der Waals surface area contributed by atoms with Gasteiger partial charge < -0.3 is 0 Å². The van der Waals surface area contributed by atoms with Crippen LogP contribution in [0.4, 0.5) is 0 Å². The molecular formula is C25H29ClN2O. The number of carbonyl (C=O) groups excluding carboxylic acids is 1. The maximum Gasteiger partial charge on any atom is 0.273 e. The fraction of sp³-hybridized carbons (Fsp3) is 0.560. The normalized spacial score (nSPS) is 36.2. The van der Waals surface area contributed by atoms with E-state index < -0.39 is 4.87 Å². The highest BCUT2D eigenvalue weighted by molar-refractivity contribution is 6.37. The van der Waals surface area contributed by atoms with Gasteiger partial charge in [0.2, 0.25) is 0 Å². The minimum absolute atomic E-state index is 0.0737. The van der Waals surface area contributed by atoms with Gasteiger partial charge in [0.1, 0.15) is 0 Å². The van der Waals surface area contributed by atoms with Gasteiger partial charge in [0.25, 0.3) is 5.91 Å². The first-order valence-electron chi connectivity index (χ1n) is 11.5. The van der Waals surface area contributed by atoms with Crippen molar-refractivity contribution in [1.29, 1.82) is 0 Å². The molecule has 4 heteroatoms. The number of fused-ring (bicyclic) bond motifs is 5. The summed E-state index contributed by atoms with van der Waals surface area (Å²) in [6.07, 6.45) is 13.5. The standard InChI is InChI=1S/C25H29ClN2O/c26-25(19-10-2-1-3-11-19)23(18-8-6-9-18)27-16-15-21-20-12-5-4-7-17(20)13-14-22(21)28(27)24(25)29/h1-3,10-11,15,17,20,22H,4-9,12-14,16H2. The first-order valence-corrected chi connectivity index (χ1v) is 11.9. The highest BCUT2D eigenvalue weighted by Gasteiger charge is 2.60. The second kappa shape index (κ2) is 6.63. The molecule has 2 aliphatic heterocycles. The summed E-state index contributed by atoms with van der Waals surface area (Å²) >= 11 is 7.35. The minimum atomic E-state index is -1.07. The van der Waals surface area contributed by atoms with Crippen molar-refractivity contribution >= 4 is 17.5 Å². The predicted octanol–water partition coefficient (Wildman–Crippen LogP) is 5.53. The molecule has 3 saturated carbocycles. The van der Waals surface area contributed by atoms with Crippen LogP contribution in [-0.4, -0.2) is 28.5 Å². The number of rotatable bonds is 1. The minimum Gasteiger partial charge on any atom is -0.280 e. The third kappa shape index (κ3) is 2.46. The van der Waals surface area contributed by atoms with Crippen LogP contribution in [0.5, 0.6) is 0 Å². The van der Waals surface area contributed by atoms with E-state index in [9.17, 15) is 4.79 Å². The summed E-state index contributed by atoms with van der Waals surface area (Å²) in [4.78, 5) is 13.0. The van der Waals surface area contributed by atoms with Gasteiger partial charge in [-0.2, -0.15) is 0 Å². The Morgan fingerprint density at radius 2 is 1.76 bits per heavy atom. The summed E-state index contributed by atoms with van der Waals surface area (Å²) < 4.78 is 0. The third-order valence-corrected chi connectivity index (χ3v) is 8.70. The molecule has 2 heterocycles. The summed E-state index contributed by atoms with van der Waals surface area (Å²) in [5, 5.41) is 4.34. The zero-order chi connectivity index (χ0) is 19.6. The van der Waals surface area contributed by atoms with Gasteiger partial charge in [-0.3, -0.25) is 9.80 Å². The molecule has 0 aromatic heterocycles. The number of halogens is 1. The topological polar surface area (TPSA) is 23.6 Å². The van der Waals surface area contributed by atoms with E-state index in [1.165, 1.54) is 49.7 Å². The number of hydrazine groups is 1. The highest BCUT2D eigenvalue weighted by Crippen LogP contribution is 2.55. The lowest BCUT2D eigenvalue weighted by atomic mass is 9.66. The SMILES string of the molecule is O=C1N2C3CCC4CCCCC4C3=CCN2C(=C2CCC2)C1(Cl)c1ccccc1.